The molecule has 194 valence electrons. The number of benzene rings is 1. The number of nitrogens with one attached hydrogen (secondary N) is 4. The van der Waals surface area contributed by atoms with Crippen molar-refractivity contribution in [3.63, 3.8) is 0 Å². The zero-order chi connectivity index (χ0) is 26.2. The molecule has 10 heteroatoms. The van der Waals surface area contributed by atoms with Crippen LogP contribution in [0.2, 0.25) is 0 Å². The second kappa shape index (κ2) is 16.7. The van der Waals surface area contributed by atoms with Crippen molar-refractivity contribution in [2.75, 3.05) is 18.6 Å². The van der Waals surface area contributed by atoms with Crippen LogP contribution in [0, 0.1) is 5.92 Å². The molecule has 0 aliphatic rings. The molecule has 4 N–H and O–H groups in total. The van der Waals surface area contributed by atoms with Crippen LogP contribution in [0.4, 0.5) is 0 Å². The fraction of sp³-hybridized carbons (Fsp3) is 0.560. The summed E-state index contributed by atoms with van der Waals surface area (Å²) in [7, 11) is 0. The van der Waals surface area contributed by atoms with Gasteiger partial charge in [0.2, 0.25) is 24.1 Å². The van der Waals surface area contributed by atoms with Gasteiger partial charge in [-0.3, -0.25) is 24.0 Å². The Balaban J connectivity index is 3.00. The maximum atomic E-state index is 13.2. The van der Waals surface area contributed by atoms with E-state index in [1.165, 1.54) is 6.92 Å². The standard InChI is InChI=1S/C25H38N4O5S/c1-17(2)14-21(28-24(33)20(27-16-30)11-13-35-4)25(34)29-22(15-19-8-6-5-7-9-19)23(32)26-12-10-18(3)31/h5-9,16-17,20-22H,10-15H2,1-4H3,(H,26,32)(H,27,30)(H,28,33)(H,29,34). The SMILES string of the molecule is CSCCC(NC=O)C(=O)NC(CC(C)C)C(=O)NC(Cc1ccccc1)C(=O)NCCC(C)=O. The predicted molar refractivity (Wildman–Crippen MR) is 138 cm³/mol. The van der Waals surface area contributed by atoms with Gasteiger partial charge in [-0.25, -0.2) is 0 Å². The first-order valence-electron chi connectivity index (χ1n) is 11.8. The molecule has 1 aromatic carbocycles. The van der Waals surface area contributed by atoms with Crippen LogP contribution in [0.25, 0.3) is 0 Å². The minimum atomic E-state index is -0.885. The van der Waals surface area contributed by atoms with Crippen molar-refractivity contribution in [3.05, 3.63) is 35.9 Å². The lowest BCUT2D eigenvalue weighted by Gasteiger charge is -2.26. The zero-order valence-electron chi connectivity index (χ0n) is 21.0. The molecule has 4 amide bonds. The Morgan fingerprint density at radius 1 is 0.943 bits per heavy atom. The van der Waals surface area contributed by atoms with Gasteiger partial charge in [-0.05, 0) is 43.3 Å². The highest BCUT2D eigenvalue weighted by atomic mass is 32.2. The number of carbonyl (C=O) groups is 5. The summed E-state index contributed by atoms with van der Waals surface area (Å²) >= 11 is 1.55. The van der Waals surface area contributed by atoms with E-state index in [1.807, 2.05) is 50.4 Å². The van der Waals surface area contributed by atoms with Crippen LogP contribution in [0.1, 0.15) is 45.6 Å². The van der Waals surface area contributed by atoms with Crippen molar-refractivity contribution in [1.82, 2.24) is 21.3 Å². The molecular weight excluding hydrogens is 468 g/mol. The molecule has 1 rings (SSSR count). The summed E-state index contributed by atoms with van der Waals surface area (Å²) in [5.74, 6) is -0.625. The van der Waals surface area contributed by atoms with Gasteiger partial charge < -0.3 is 21.3 Å². The van der Waals surface area contributed by atoms with E-state index in [1.54, 1.807) is 11.8 Å². The predicted octanol–water partition coefficient (Wildman–Crippen LogP) is 1.21. The smallest absolute Gasteiger partial charge is 0.243 e. The molecule has 0 radical (unpaired) electrons. The van der Waals surface area contributed by atoms with Crippen molar-refractivity contribution in [3.8, 4) is 0 Å². The number of amides is 4. The van der Waals surface area contributed by atoms with Crippen LogP contribution in [0.5, 0.6) is 0 Å². The Hall–Kier alpha value is -2.88. The second-order valence-corrected chi connectivity index (χ2v) is 9.79. The van der Waals surface area contributed by atoms with Gasteiger partial charge in [0.05, 0.1) is 0 Å². The van der Waals surface area contributed by atoms with Crippen LogP contribution in [0.3, 0.4) is 0 Å². The number of thioether (sulfide) groups is 1. The number of hydrogen-bond donors (Lipinski definition) is 4. The van der Waals surface area contributed by atoms with Gasteiger partial charge in [0.15, 0.2) is 0 Å². The molecule has 3 unspecified atom stereocenters. The monoisotopic (exact) mass is 506 g/mol. The van der Waals surface area contributed by atoms with Crippen LogP contribution < -0.4 is 21.3 Å². The molecule has 0 saturated heterocycles. The van der Waals surface area contributed by atoms with Crippen LogP contribution in [0.15, 0.2) is 30.3 Å². The first-order chi connectivity index (χ1) is 16.7. The van der Waals surface area contributed by atoms with Gasteiger partial charge >= 0.3 is 0 Å². The van der Waals surface area contributed by atoms with E-state index in [0.717, 1.165) is 5.56 Å². The Morgan fingerprint density at radius 3 is 2.14 bits per heavy atom. The molecule has 0 fully saturated rings. The average Bonchev–Trinajstić information content (AvgIpc) is 2.80. The largest absolute Gasteiger partial charge is 0.354 e. The molecule has 0 spiro atoms. The van der Waals surface area contributed by atoms with Gasteiger partial charge in [-0.15, -0.1) is 0 Å². The highest BCUT2D eigenvalue weighted by molar-refractivity contribution is 7.98. The molecule has 3 atom stereocenters. The fourth-order valence-corrected chi connectivity index (χ4v) is 3.87. The van der Waals surface area contributed by atoms with E-state index in [9.17, 15) is 24.0 Å². The summed E-state index contributed by atoms with van der Waals surface area (Å²) in [5.41, 5.74) is 0.858. The third kappa shape index (κ3) is 12.4. The van der Waals surface area contributed by atoms with Gasteiger partial charge in [0.25, 0.3) is 0 Å². The quantitative estimate of drug-likeness (QED) is 0.235. The third-order valence-corrected chi connectivity index (χ3v) is 5.87. The molecule has 0 aliphatic carbocycles. The molecule has 0 aliphatic heterocycles. The van der Waals surface area contributed by atoms with E-state index in [-0.39, 0.29) is 31.1 Å². The lowest BCUT2D eigenvalue weighted by atomic mass is 10.0. The number of rotatable bonds is 17. The van der Waals surface area contributed by atoms with Gasteiger partial charge in [-0.2, -0.15) is 11.8 Å². The number of ketones is 1. The van der Waals surface area contributed by atoms with Gasteiger partial charge in [-0.1, -0.05) is 44.2 Å². The normalized spacial score (nSPS) is 13.3. The van der Waals surface area contributed by atoms with Crippen molar-refractivity contribution < 1.29 is 24.0 Å². The minimum Gasteiger partial charge on any atom is -0.354 e. The molecule has 35 heavy (non-hydrogen) atoms. The van der Waals surface area contributed by atoms with Gasteiger partial charge in [0.1, 0.15) is 23.9 Å². The Bertz CT molecular complexity index is 834. The summed E-state index contributed by atoms with van der Waals surface area (Å²) in [6.45, 7) is 5.48. The molecule has 9 nitrogen and oxygen atoms in total. The van der Waals surface area contributed by atoms with Crippen LogP contribution >= 0.6 is 11.8 Å². The van der Waals surface area contributed by atoms with Crippen molar-refractivity contribution in [2.24, 2.45) is 5.92 Å². The van der Waals surface area contributed by atoms with Crippen molar-refractivity contribution >= 4 is 41.7 Å². The summed E-state index contributed by atoms with van der Waals surface area (Å²) in [4.78, 5) is 61.1. The summed E-state index contributed by atoms with van der Waals surface area (Å²) in [6, 6.07) is 6.75. The Morgan fingerprint density at radius 2 is 1.57 bits per heavy atom. The highest BCUT2D eigenvalue weighted by Gasteiger charge is 2.29. The summed E-state index contributed by atoms with van der Waals surface area (Å²) in [6.07, 6.45) is 3.62. The second-order valence-electron chi connectivity index (χ2n) is 8.80. The van der Waals surface area contributed by atoms with Gasteiger partial charge in [0, 0.05) is 19.4 Å². The number of Topliss-reactive ketones (excluding diaryl/α,β-unsaturated/α-hetero) is 1. The van der Waals surface area contributed by atoms with Crippen molar-refractivity contribution in [1.29, 1.82) is 0 Å². The number of hydrogen-bond acceptors (Lipinski definition) is 6. The molecular formula is C25H38N4O5S. The maximum absolute atomic E-state index is 13.2. The average molecular weight is 507 g/mol. The first kappa shape index (κ1) is 30.2. The molecule has 0 aromatic heterocycles. The van der Waals surface area contributed by atoms with E-state index in [2.05, 4.69) is 21.3 Å². The first-order valence-corrected chi connectivity index (χ1v) is 13.2. The lowest BCUT2D eigenvalue weighted by molar-refractivity contribution is -0.133. The fourth-order valence-electron chi connectivity index (χ4n) is 3.40. The Kier molecular flexibility index (Phi) is 14.4. The topological polar surface area (TPSA) is 133 Å². The van der Waals surface area contributed by atoms with E-state index < -0.39 is 35.8 Å². The van der Waals surface area contributed by atoms with E-state index in [0.29, 0.717) is 25.0 Å². The summed E-state index contributed by atoms with van der Waals surface area (Å²) in [5, 5.41) is 10.7. The molecule has 0 bridgehead atoms. The van der Waals surface area contributed by atoms with Crippen LogP contribution in [-0.4, -0.2) is 66.6 Å². The minimum absolute atomic E-state index is 0.0476. The van der Waals surface area contributed by atoms with E-state index >= 15 is 0 Å². The molecule has 0 heterocycles. The molecule has 1 aromatic rings. The maximum Gasteiger partial charge on any atom is 0.243 e. The van der Waals surface area contributed by atoms with E-state index in [4.69, 9.17) is 0 Å². The third-order valence-electron chi connectivity index (χ3n) is 5.23. The zero-order valence-corrected chi connectivity index (χ0v) is 21.8. The number of carbonyl (C=O) groups excluding carboxylic acids is 5. The Labute approximate surface area is 211 Å². The molecule has 0 saturated carbocycles. The lowest BCUT2D eigenvalue weighted by Crippen LogP contribution is -2.57. The summed E-state index contributed by atoms with van der Waals surface area (Å²) < 4.78 is 0. The van der Waals surface area contributed by atoms with Crippen LogP contribution in [-0.2, 0) is 30.4 Å². The highest BCUT2D eigenvalue weighted by Crippen LogP contribution is 2.09. The van der Waals surface area contributed by atoms with Crippen molar-refractivity contribution in [2.45, 2.75) is 64.6 Å².